The molecule has 22 heavy (non-hydrogen) atoms. The van der Waals surface area contributed by atoms with Crippen molar-refractivity contribution in [3.63, 3.8) is 0 Å². The van der Waals surface area contributed by atoms with E-state index in [0.29, 0.717) is 0 Å². The third-order valence-corrected chi connectivity index (χ3v) is 4.86. The highest BCUT2D eigenvalue weighted by atomic mass is 14.6. The van der Waals surface area contributed by atoms with Crippen molar-refractivity contribution in [2.24, 2.45) is 0 Å². The number of para-hydroxylation sites is 1. The van der Waals surface area contributed by atoms with E-state index in [2.05, 4.69) is 62.4 Å². The summed E-state index contributed by atoms with van der Waals surface area (Å²) in [4.78, 5) is 0. The molecule has 0 bridgehead atoms. The summed E-state index contributed by atoms with van der Waals surface area (Å²) in [7, 11) is 0. The van der Waals surface area contributed by atoms with E-state index < -0.39 is 0 Å². The van der Waals surface area contributed by atoms with Crippen LogP contribution in [0.15, 0.2) is 66.7 Å². The Morgan fingerprint density at radius 3 is 2.09 bits per heavy atom. The molecule has 0 amide bonds. The molecule has 0 fully saturated rings. The van der Waals surface area contributed by atoms with Crippen LogP contribution in [0.3, 0.4) is 0 Å². The molecule has 108 valence electrons. The van der Waals surface area contributed by atoms with Gasteiger partial charge >= 0.3 is 0 Å². The maximum absolute atomic E-state index is 6.15. The van der Waals surface area contributed by atoms with Crippen LogP contribution in [0, 0.1) is 0 Å². The Bertz CT molecular complexity index is 875. The maximum Gasteiger partial charge on any atom is 0.0393 e. The zero-order chi connectivity index (χ0) is 15.3. The molecule has 3 aromatic carbocycles. The number of anilines is 1. The summed E-state index contributed by atoms with van der Waals surface area (Å²) in [6, 6.07) is 23.5. The largest absolute Gasteiger partial charge is 0.398 e. The number of hydrogen-bond donors (Lipinski definition) is 1. The summed E-state index contributed by atoms with van der Waals surface area (Å²) in [5, 5.41) is 0. The van der Waals surface area contributed by atoms with E-state index in [1.165, 1.54) is 27.8 Å². The Kier molecular flexibility index (Phi) is 2.67. The summed E-state index contributed by atoms with van der Waals surface area (Å²) >= 11 is 0. The fourth-order valence-electron chi connectivity index (χ4n) is 3.65. The second-order valence-electron chi connectivity index (χ2n) is 6.52. The van der Waals surface area contributed by atoms with Gasteiger partial charge in [-0.05, 0) is 39.9 Å². The van der Waals surface area contributed by atoms with E-state index >= 15 is 0 Å². The maximum atomic E-state index is 6.15. The molecule has 0 aromatic heterocycles. The highest BCUT2D eigenvalue weighted by molar-refractivity contribution is 5.86. The van der Waals surface area contributed by atoms with E-state index in [0.717, 1.165) is 11.3 Å². The Labute approximate surface area is 131 Å². The van der Waals surface area contributed by atoms with Crippen molar-refractivity contribution >= 4 is 5.69 Å². The summed E-state index contributed by atoms with van der Waals surface area (Å²) in [5.74, 6) is 0. The van der Waals surface area contributed by atoms with Crippen LogP contribution < -0.4 is 5.73 Å². The third kappa shape index (κ3) is 1.72. The van der Waals surface area contributed by atoms with Crippen LogP contribution in [0.1, 0.15) is 25.0 Å². The molecule has 0 radical (unpaired) electrons. The molecular weight excluding hydrogens is 266 g/mol. The lowest BCUT2D eigenvalue weighted by Gasteiger charge is -2.21. The molecule has 0 saturated carbocycles. The Balaban J connectivity index is 1.97. The van der Waals surface area contributed by atoms with E-state index in [4.69, 9.17) is 5.73 Å². The number of benzene rings is 3. The zero-order valence-electron chi connectivity index (χ0n) is 12.9. The summed E-state index contributed by atoms with van der Waals surface area (Å²) in [6.07, 6.45) is 0. The first kappa shape index (κ1) is 13.1. The van der Waals surface area contributed by atoms with Crippen LogP contribution in [0.4, 0.5) is 5.69 Å². The van der Waals surface area contributed by atoms with E-state index in [1.807, 2.05) is 18.2 Å². The van der Waals surface area contributed by atoms with Crippen LogP contribution in [-0.4, -0.2) is 0 Å². The second kappa shape index (κ2) is 4.48. The number of fused-ring (bicyclic) bond motifs is 3. The van der Waals surface area contributed by atoms with E-state index in [-0.39, 0.29) is 5.41 Å². The highest BCUT2D eigenvalue weighted by Gasteiger charge is 2.35. The quantitative estimate of drug-likeness (QED) is 0.608. The molecule has 1 nitrogen and oxygen atoms in total. The zero-order valence-corrected chi connectivity index (χ0v) is 12.9. The third-order valence-electron chi connectivity index (χ3n) is 4.86. The molecule has 0 heterocycles. The lowest BCUT2D eigenvalue weighted by molar-refractivity contribution is 0.660. The van der Waals surface area contributed by atoms with Crippen LogP contribution in [0.5, 0.6) is 0 Å². The standard InChI is InChI=1S/C21H19N/c1-21(2)18-9-5-3-8-16(18)17-13-14(11-12-19(17)21)15-7-4-6-10-20(15)22/h3-13H,22H2,1-2H3. The van der Waals surface area contributed by atoms with Gasteiger partial charge in [-0.15, -0.1) is 0 Å². The molecular formula is C21H19N. The topological polar surface area (TPSA) is 26.0 Å². The van der Waals surface area contributed by atoms with E-state index in [1.54, 1.807) is 0 Å². The minimum atomic E-state index is 0.0622. The van der Waals surface area contributed by atoms with E-state index in [9.17, 15) is 0 Å². The molecule has 0 aliphatic heterocycles. The van der Waals surface area contributed by atoms with Gasteiger partial charge in [0.1, 0.15) is 0 Å². The molecule has 0 unspecified atom stereocenters. The van der Waals surface area contributed by atoms with Crippen LogP contribution in [0.2, 0.25) is 0 Å². The van der Waals surface area contributed by atoms with Gasteiger partial charge in [-0.2, -0.15) is 0 Å². The van der Waals surface area contributed by atoms with Crippen molar-refractivity contribution < 1.29 is 0 Å². The van der Waals surface area contributed by atoms with Crippen molar-refractivity contribution in [3.8, 4) is 22.3 Å². The van der Waals surface area contributed by atoms with Crippen molar-refractivity contribution in [1.29, 1.82) is 0 Å². The molecule has 0 spiro atoms. The van der Waals surface area contributed by atoms with Crippen LogP contribution >= 0.6 is 0 Å². The first-order chi connectivity index (χ1) is 10.6. The molecule has 4 rings (SSSR count). The first-order valence-corrected chi connectivity index (χ1v) is 7.68. The molecule has 0 saturated heterocycles. The summed E-state index contributed by atoms with van der Waals surface area (Å²) in [6.45, 7) is 4.60. The van der Waals surface area contributed by atoms with Crippen LogP contribution in [0.25, 0.3) is 22.3 Å². The average molecular weight is 285 g/mol. The van der Waals surface area contributed by atoms with Gasteiger partial charge in [-0.25, -0.2) is 0 Å². The van der Waals surface area contributed by atoms with Crippen molar-refractivity contribution in [3.05, 3.63) is 77.9 Å². The lowest BCUT2D eigenvalue weighted by Crippen LogP contribution is -2.14. The predicted octanol–water partition coefficient (Wildman–Crippen LogP) is 5.24. The molecule has 1 aliphatic rings. The van der Waals surface area contributed by atoms with Gasteiger partial charge in [0.2, 0.25) is 0 Å². The first-order valence-electron chi connectivity index (χ1n) is 7.68. The summed E-state index contributed by atoms with van der Waals surface area (Å²) in [5.41, 5.74) is 14.8. The SMILES string of the molecule is CC1(C)c2ccccc2-c2cc(-c3ccccc3N)ccc21. The molecule has 0 atom stereocenters. The lowest BCUT2D eigenvalue weighted by atomic mass is 9.82. The molecule has 2 N–H and O–H groups in total. The second-order valence-corrected chi connectivity index (χ2v) is 6.52. The fraction of sp³-hybridized carbons (Fsp3) is 0.143. The Hall–Kier alpha value is -2.54. The van der Waals surface area contributed by atoms with Gasteiger partial charge in [-0.1, -0.05) is 68.4 Å². The minimum Gasteiger partial charge on any atom is -0.398 e. The van der Waals surface area contributed by atoms with Gasteiger partial charge in [0.25, 0.3) is 0 Å². The van der Waals surface area contributed by atoms with Crippen LogP contribution in [-0.2, 0) is 5.41 Å². The minimum absolute atomic E-state index is 0.0622. The molecule has 3 aromatic rings. The average Bonchev–Trinajstić information content (AvgIpc) is 2.76. The van der Waals surface area contributed by atoms with Gasteiger partial charge in [0.05, 0.1) is 0 Å². The highest BCUT2D eigenvalue weighted by Crippen LogP contribution is 2.49. The normalized spacial score (nSPS) is 14.5. The van der Waals surface area contributed by atoms with Gasteiger partial charge < -0.3 is 5.73 Å². The van der Waals surface area contributed by atoms with Crippen molar-refractivity contribution in [1.82, 2.24) is 0 Å². The van der Waals surface area contributed by atoms with Crippen molar-refractivity contribution in [2.45, 2.75) is 19.3 Å². The Morgan fingerprint density at radius 1 is 0.682 bits per heavy atom. The number of hydrogen-bond acceptors (Lipinski definition) is 1. The fourth-order valence-corrected chi connectivity index (χ4v) is 3.65. The van der Waals surface area contributed by atoms with Gasteiger partial charge in [0, 0.05) is 16.7 Å². The summed E-state index contributed by atoms with van der Waals surface area (Å²) < 4.78 is 0. The van der Waals surface area contributed by atoms with Crippen molar-refractivity contribution in [2.75, 3.05) is 5.73 Å². The number of nitrogen functional groups attached to an aromatic ring is 1. The van der Waals surface area contributed by atoms with Gasteiger partial charge in [-0.3, -0.25) is 0 Å². The monoisotopic (exact) mass is 285 g/mol. The predicted molar refractivity (Wildman–Crippen MR) is 93.9 cm³/mol. The van der Waals surface area contributed by atoms with Gasteiger partial charge in [0.15, 0.2) is 0 Å². The molecule has 1 heteroatoms. The number of rotatable bonds is 1. The molecule has 1 aliphatic carbocycles. The number of nitrogens with two attached hydrogens (primary N) is 1. The smallest absolute Gasteiger partial charge is 0.0393 e. The Morgan fingerprint density at radius 2 is 1.32 bits per heavy atom.